The van der Waals surface area contributed by atoms with Crippen molar-refractivity contribution in [1.29, 1.82) is 0 Å². The van der Waals surface area contributed by atoms with Crippen LogP contribution in [0.15, 0.2) is 82.7 Å². The topological polar surface area (TPSA) is 68.8 Å². The van der Waals surface area contributed by atoms with Gasteiger partial charge in [0.05, 0.1) is 18.7 Å². The Balaban J connectivity index is 1.29. The van der Waals surface area contributed by atoms with Gasteiger partial charge in [-0.05, 0) is 99.3 Å². The van der Waals surface area contributed by atoms with Crippen LogP contribution in [0.1, 0.15) is 58.9 Å². The van der Waals surface area contributed by atoms with Crippen LogP contribution in [-0.4, -0.2) is 49.9 Å². The van der Waals surface area contributed by atoms with Crippen molar-refractivity contribution < 1.29 is 17.6 Å². The number of nitrogens with zero attached hydrogens (tertiary/aromatic N) is 6. The minimum atomic E-state index is -4.38. The number of hydrogen-bond acceptors (Lipinski definition) is 6. The van der Waals surface area contributed by atoms with E-state index >= 15 is 0 Å². The lowest BCUT2D eigenvalue weighted by Gasteiger charge is -2.18. The molecule has 0 aliphatic heterocycles. The number of aryl methyl sites for hydroxylation is 1. The Kier molecular flexibility index (Phi) is 10.6. The SMILES string of the molecule is CN(C)CCCCc1nnc(Cn2c(SCc3ccc(F)cc3)nc(=O)c3c2CCC3)n1Cc1ccc(-c2ccc(C(F)(F)F)cc2)cc1. The smallest absolute Gasteiger partial charge is 0.316 e. The standard InChI is InChI=1S/C37H38F4N6OS/c1-45(2)21-4-3-8-33-43-44-34(47(33)22-25-9-13-27(14-10-25)28-15-17-29(18-16-28)37(39,40)41)23-46-32-7-5-6-31(32)35(48)42-36(46)49-24-26-11-19-30(38)20-12-26/h9-20H,3-8,21-24H2,1-2H3. The molecule has 3 aromatic carbocycles. The van der Waals surface area contributed by atoms with Crippen LogP contribution in [-0.2, 0) is 44.3 Å². The first kappa shape index (κ1) is 34.6. The lowest BCUT2D eigenvalue weighted by molar-refractivity contribution is -0.137. The molecular formula is C37H38F4N6OS. The normalized spacial score (nSPS) is 13.0. The minimum Gasteiger partial charge on any atom is -0.316 e. The molecule has 0 saturated carbocycles. The summed E-state index contributed by atoms with van der Waals surface area (Å²) in [5.74, 6) is 1.84. The number of benzene rings is 3. The zero-order valence-electron chi connectivity index (χ0n) is 27.5. The molecule has 0 atom stereocenters. The van der Waals surface area contributed by atoms with Gasteiger partial charge in [-0.1, -0.05) is 60.3 Å². The van der Waals surface area contributed by atoms with E-state index in [4.69, 9.17) is 0 Å². The van der Waals surface area contributed by atoms with Gasteiger partial charge >= 0.3 is 6.18 Å². The highest BCUT2D eigenvalue weighted by Crippen LogP contribution is 2.31. The lowest BCUT2D eigenvalue weighted by atomic mass is 10.0. The summed E-state index contributed by atoms with van der Waals surface area (Å²) in [5.41, 5.74) is 4.31. The molecule has 0 amide bonds. The van der Waals surface area contributed by atoms with Gasteiger partial charge < -0.3 is 14.0 Å². The van der Waals surface area contributed by atoms with Crippen molar-refractivity contribution in [1.82, 2.24) is 29.2 Å². The van der Waals surface area contributed by atoms with E-state index in [1.54, 1.807) is 12.1 Å². The first-order valence-electron chi connectivity index (χ1n) is 16.4. The number of hydrogen-bond donors (Lipinski definition) is 0. The average Bonchev–Trinajstić information content (AvgIpc) is 3.72. The molecule has 0 saturated heterocycles. The quantitative estimate of drug-likeness (QED) is 0.0555. The van der Waals surface area contributed by atoms with Gasteiger partial charge in [0.2, 0.25) is 0 Å². The molecule has 6 rings (SSSR count). The highest BCUT2D eigenvalue weighted by molar-refractivity contribution is 7.98. The molecule has 49 heavy (non-hydrogen) atoms. The summed E-state index contributed by atoms with van der Waals surface area (Å²) < 4.78 is 57.0. The van der Waals surface area contributed by atoms with Crippen LogP contribution in [0.25, 0.3) is 11.1 Å². The predicted octanol–water partition coefficient (Wildman–Crippen LogP) is 7.42. The Labute approximate surface area is 287 Å². The van der Waals surface area contributed by atoms with E-state index in [1.807, 2.05) is 24.3 Å². The molecule has 2 aromatic heterocycles. The van der Waals surface area contributed by atoms with Gasteiger partial charge in [0, 0.05) is 23.4 Å². The van der Waals surface area contributed by atoms with Crippen molar-refractivity contribution in [3.63, 3.8) is 0 Å². The van der Waals surface area contributed by atoms with Crippen molar-refractivity contribution in [2.75, 3.05) is 20.6 Å². The Morgan fingerprint density at radius 1 is 0.796 bits per heavy atom. The first-order valence-corrected chi connectivity index (χ1v) is 17.4. The third kappa shape index (κ3) is 8.48. The van der Waals surface area contributed by atoms with Crippen LogP contribution in [0.3, 0.4) is 0 Å². The fraction of sp³-hybridized carbons (Fsp3) is 0.351. The molecule has 256 valence electrons. The Bertz CT molecular complexity index is 1940. The Hall–Kier alpha value is -4.29. The molecule has 7 nitrogen and oxygen atoms in total. The highest BCUT2D eigenvalue weighted by Gasteiger charge is 2.30. The number of rotatable bonds is 13. The molecule has 0 unspecified atom stereocenters. The van der Waals surface area contributed by atoms with Gasteiger partial charge in [0.15, 0.2) is 11.0 Å². The van der Waals surface area contributed by atoms with E-state index in [0.29, 0.717) is 36.0 Å². The van der Waals surface area contributed by atoms with Gasteiger partial charge in [-0.25, -0.2) is 4.39 Å². The number of fused-ring (bicyclic) bond motifs is 1. The van der Waals surface area contributed by atoms with Gasteiger partial charge in [0.25, 0.3) is 5.56 Å². The summed E-state index contributed by atoms with van der Waals surface area (Å²) in [6.07, 6.45) is 0.670. The summed E-state index contributed by atoms with van der Waals surface area (Å²) in [5, 5.41) is 9.89. The van der Waals surface area contributed by atoms with Crippen molar-refractivity contribution in [3.05, 3.63) is 129 Å². The molecule has 1 aliphatic rings. The van der Waals surface area contributed by atoms with Crippen LogP contribution < -0.4 is 5.56 Å². The van der Waals surface area contributed by atoms with E-state index in [9.17, 15) is 22.4 Å². The van der Waals surface area contributed by atoms with E-state index in [0.717, 1.165) is 90.4 Å². The summed E-state index contributed by atoms with van der Waals surface area (Å²) in [7, 11) is 4.11. The molecule has 1 aliphatic carbocycles. The van der Waals surface area contributed by atoms with Gasteiger partial charge in [0.1, 0.15) is 11.6 Å². The summed E-state index contributed by atoms with van der Waals surface area (Å²) in [6, 6.07) is 19.3. The maximum absolute atomic E-state index is 13.5. The second-order valence-electron chi connectivity index (χ2n) is 12.6. The largest absolute Gasteiger partial charge is 0.416 e. The molecule has 0 radical (unpaired) electrons. The summed E-state index contributed by atoms with van der Waals surface area (Å²) in [4.78, 5) is 19.7. The minimum absolute atomic E-state index is 0.193. The van der Waals surface area contributed by atoms with Gasteiger partial charge in [-0.15, -0.1) is 10.2 Å². The Morgan fingerprint density at radius 2 is 1.45 bits per heavy atom. The Morgan fingerprint density at radius 3 is 2.12 bits per heavy atom. The maximum Gasteiger partial charge on any atom is 0.416 e. The van der Waals surface area contributed by atoms with Crippen LogP contribution >= 0.6 is 11.8 Å². The molecular weight excluding hydrogens is 653 g/mol. The van der Waals surface area contributed by atoms with Gasteiger partial charge in [-0.3, -0.25) is 4.79 Å². The van der Waals surface area contributed by atoms with E-state index in [1.165, 1.54) is 36.0 Å². The second-order valence-corrected chi connectivity index (χ2v) is 13.6. The molecule has 0 N–H and O–H groups in total. The first-order chi connectivity index (χ1) is 23.5. The zero-order valence-corrected chi connectivity index (χ0v) is 28.3. The number of halogens is 4. The van der Waals surface area contributed by atoms with Crippen molar-refractivity contribution in [2.24, 2.45) is 0 Å². The monoisotopic (exact) mass is 690 g/mol. The van der Waals surface area contributed by atoms with Crippen molar-refractivity contribution in [3.8, 4) is 11.1 Å². The fourth-order valence-corrected chi connectivity index (χ4v) is 7.10. The second kappa shape index (κ2) is 15.1. The van der Waals surface area contributed by atoms with Gasteiger partial charge in [-0.2, -0.15) is 18.2 Å². The molecule has 0 bridgehead atoms. The number of unbranched alkanes of at least 4 members (excludes halogenated alkanes) is 1. The zero-order chi connectivity index (χ0) is 34.5. The third-order valence-corrected chi connectivity index (χ3v) is 9.83. The van der Waals surface area contributed by atoms with Crippen LogP contribution in [0, 0.1) is 5.82 Å². The number of alkyl halides is 3. The maximum atomic E-state index is 13.5. The molecule has 5 aromatic rings. The molecule has 0 spiro atoms. The average molecular weight is 691 g/mol. The molecule has 2 heterocycles. The van der Waals surface area contributed by atoms with E-state index < -0.39 is 11.7 Å². The third-order valence-electron chi connectivity index (χ3n) is 8.78. The predicted molar refractivity (Wildman–Crippen MR) is 183 cm³/mol. The number of aromatic nitrogens is 5. The van der Waals surface area contributed by atoms with Crippen LogP contribution in [0.5, 0.6) is 0 Å². The van der Waals surface area contributed by atoms with Crippen LogP contribution in [0.2, 0.25) is 0 Å². The number of thioether (sulfide) groups is 1. The summed E-state index contributed by atoms with van der Waals surface area (Å²) >= 11 is 1.45. The molecule has 12 heteroatoms. The molecule has 0 fully saturated rings. The lowest BCUT2D eigenvalue weighted by Crippen LogP contribution is -2.23. The fourth-order valence-electron chi connectivity index (χ4n) is 6.13. The highest BCUT2D eigenvalue weighted by atomic mass is 32.2. The van der Waals surface area contributed by atoms with Crippen molar-refractivity contribution >= 4 is 11.8 Å². The van der Waals surface area contributed by atoms with Crippen LogP contribution in [0.4, 0.5) is 17.6 Å². The summed E-state index contributed by atoms with van der Waals surface area (Å²) in [6.45, 7) is 1.86. The van der Waals surface area contributed by atoms with E-state index in [-0.39, 0.29) is 11.4 Å². The van der Waals surface area contributed by atoms with E-state index in [2.05, 4.69) is 43.3 Å². The van der Waals surface area contributed by atoms with Crippen molar-refractivity contribution in [2.45, 2.75) is 68.7 Å².